The second-order valence-electron chi connectivity index (χ2n) is 9.16. The number of carbonyl (C=O) groups excluding carboxylic acids is 2. The highest BCUT2D eigenvalue weighted by Gasteiger charge is 2.47. The first-order valence-electron chi connectivity index (χ1n) is 11.7. The van der Waals surface area contributed by atoms with Crippen LogP contribution >= 0.6 is 0 Å². The Bertz CT molecular complexity index is 773. The Balaban J connectivity index is 1.24. The SMILES string of the molecule is O=C(NC1CCN(C2CCOCC2)CC1)[C@H]1OCC(=O)N(C2CC2)[C@@H]1c1cccnc1. The van der Waals surface area contributed by atoms with Crippen LogP contribution in [0.5, 0.6) is 0 Å². The van der Waals surface area contributed by atoms with Crippen molar-refractivity contribution in [3.63, 3.8) is 0 Å². The summed E-state index contributed by atoms with van der Waals surface area (Å²) in [6.07, 6.45) is 8.82. The molecule has 1 aromatic heterocycles. The molecule has 168 valence electrons. The van der Waals surface area contributed by atoms with E-state index < -0.39 is 12.1 Å². The molecule has 3 saturated heterocycles. The third-order valence-electron chi connectivity index (χ3n) is 7.07. The van der Waals surface area contributed by atoms with E-state index in [1.165, 1.54) is 0 Å². The van der Waals surface area contributed by atoms with E-state index in [-0.39, 0.29) is 30.5 Å². The quantitative estimate of drug-likeness (QED) is 0.761. The van der Waals surface area contributed by atoms with Crippen LogP contribution in [0.1, 0.15) is 50.1 Å². The van der Waals surface area contributed by atoms with E-state index in [1.807, 2.05) is 17.0 Å². The molecule has 0 unspecified atom stereocenters. The number of morpholine rings is 1. The third-order valence-corrected chi connectivity index (χ3v) is 7.07. The van der Waals surface area contributed by atoms with E-state index in [9.17, 15) is 9.59 Å². The summed E-state index contributed by atoms with van der Waals surface area (Å²) in [7, 11) is 0. The first-order chi connectivity index (χ1) is 15.2. The van der Waals surface area contributed by atoms with Gasteiger partial charge in [0, 0.05) is 56.8 Å². The van der Waals surface area contributed by atoms with Crippen LogP contribution in [0.2, 0.25) is 0 Å². The van der Waals surface area contributed by atoms with Crippen LogP contribution in [-0.4, -0.2) is 83.7 Å². The predicted molar refractivity (Wildman–Crippen MR) is 113 cm³/mol. The lowest BCUT2D eigenvalue weighted by Crippen LogP contribution is -2.57. The molecule has 3 aliphatic heterocycles. The van der Waals surface area contributed by atoms with Gasteiger partial charge in [-0.25, -0.2) is 0 Å². The predicted octanol–water partition coefficient (Wildman–Crippen LogP) is 1.27. The molecule has 4 heterocycles. The topological polar surface area (TPSA) is 84.0 Å². The van der Waals surface area contributed by atoms with Gasteiger partial charge < -0.3 is 24.6 Å². The fraction of sp³-hybridized carbons (Fsp3) is 0.696. The van der Waals surface area contributed by atoms with Gasteiger partial charge in [0.2, 0.25) is 5.91 Å². The van der Waals surface area contributed by atoms with Gasteiger partial charge >= 0.3 is 0 Å². The average molecular weight is 429 g/mol. The molecule has 31 heavy (non-hydrogen) atoms. The van der Waals surface area contributed by atoms with Crippen LogP contribution in [0.4, 0.5) is 0 Å². The average Bonchev–Trinajstić information content (AvgIpc) is 3.65. The van der Waals surface area contributed by atoms with Crippen LogP contribution < -0.4 is 5.32 Å². The molecule has 8 heteroatoms. The first kappa shape index (κ1) is 20.8. The molecule has 1 saturated carbocycles. The molecular formula is C23H32N4O4. The van der Waals surface area contributed by atoms with Gasteiger partial charge in [0.1, 0.15) is 6.61 Å². The van der Waals surface area contributed by atoms with Gasteiger partial charge in [-0.3, -0.25) is 14.6 Å². The number of aromatic nitrogens is 1. The molecule has 8 nitrogen and oxygen atoms in total. The molecule has 0 radical (unpaired) electrons. The Morgan fingerprint density at radius 1 is 1.06 bits per heavy atom. The Labute approximate surface area is 183 Å². The zero-order chi connectivity index (χ0) is 21.2. The van der Waals surface area contributed by atoms with E-state index in [2.05, 4.69) is 15.2 Å². The molecule has 4 fully saturated rings. The summed E-state index contributed by atoms with van der Waals surface area (Å²) in [6, 6.07) is 4.33. The highest BCUT2D eigenvalue weighted by atomic mass is 16.5. The van der Waals surface area contributed by atoms with Gasteiger partial charge in [-0.05, 0) is 50.2 Å². The minimum Gasteiger partial charge on any atom is -0.381 e. The van der Waals surface area contributed by atoms with Gasteiger partial charge in [0.05, 0.1) is 6.04 Å². The lowest BCUT2D eigenvalue weighted by molar-refractivity contribution is -0.165. The van der Waals surface area contributed by atoms with Crippen LogP contribution in [0.15, 0.2) is 24.5 Å². The fourth-order valence-corrected chi connectivity index (χ4v) is 5.26. The first-order valence-corrected chi connectivity index (χ1v) is 11.7. The monoisotopic (exact) mass is 428 g/mol. The maximum Gasteiger partial charge on any atom is 0.251 e. The van der Waals surface area contributed by atoms with E-state index in [4.69, 9.17) is 9.47 Å². The minimum atomic E-state index is -0.698. The summed E-state index contributed by atoms with van der Waals surface area (Å²) >= 11 is 0. The molecule has 0 aromatic carbocycles. The maximum atomic E-state index is 13.3. The number of likely N-dealkylation sites (tertiary alicyclic amines) is 1. The van der Waals surface area contributed by atoms with Gasteiger partial charge in [-0.15, -0.1) is 0 Å². The third kappa shape index (κ3) is 4.61. The van der Waals surface area contributed by atoms with Crippen LogP contribution in [0, 0.1) is 0 Å². The molecule has 2 atom stereocenters. The Morgan fingerprint density at radius 3 is 2.52 bits per heavy atom. The summed E-state index contributed by atoms with van der Waals surface area (Å²) in [5.74, 6) is -0.151. The van der Waals surface area contributed by atoms with E-state index in [0.717, 1.165) is 70.4 Å². The Hall–Kier alpha value is -2.03. The molecule has 0 spiro atoms. The standard InChI is InChI=1S/C23H32N4O4/c28-20-15-31-22(21(27(20)19-3-4-19)16-2-1-9-24-14-16)23(29)25-17-5-10-26(11-6-17)18-7-12-30-13-8-18/h1-2,9,14,17-19,21-22H,3-8,10-13,15H2,(H,25,29)/t21-,22+/m1/s1. The lowest BCUT2D eigenvalue weighted by atomic mass is 9.96. The number of hydrogen-bond acceptors (Lipinski definition) is 6. The number of hydrogen-bond donors (Lipinski definition) is 1. The van der Waals surface area contributed by atoms with Crippen molar-refractivity contribution in [1.29, 1.82) is 0 Å². The molecular weight excluding hydrogens is 396 g/mol. The van der Waals surface area contributed by atoms with Gasteiger partial charge in [0.25, 0.3) is 5.91 Å². The van der Waals surface area contributed by atoms with Crippen molar-refractivity contribution < 1.29 is 19.1 Å². The van der Waals surface area contributed by atoms with Crippen molar-refractivity contribution >= 4 is 11.8 Å². The second-order valence-corrected chi connectivity index (χ2v) is 9.16. The Morgan fingerprint density at radius 2 is 1.84 bits per heavy atom. The van der Waals surface area contributed by atoms with Crippen LogP contribution in [-0.2, 0) is 19.1 Å². The largest absolute Gasteiger partial charge is 0.381 e. The number of ether oxygens (including phenoxy) is 2. The fourth-order valence-electron chi connectivity index (χ4n) is 5.26. The number of nitrogens with zero attached hydrogens (tertiary/aromatic N) is 3. The highest BCUT2D eigenvalue weighted by Crippen LogP contribution is 2.39. The molecule has 4 aliphatic rings. The van der Waals surface area contributed by atoms with Gasteiger partial charge in [-0.2, -0.15) is 0 Å². The van der Waals surface area contributed by atoms with Crippen LogP contribution in [0.3, 0.4) is 0 Å². The second kappa shape index (κ2) is 9.22. The number of amides is 2. The van der Waals surface area contributed by atoms with Crippen LogP contribution in [0.25, 0.3) is 0 Å². The van der Waals surface area contributed by atoms with Crippen molar-refractivity contribution in [1.82, 2.24) is 20.1 Å². The zero-order valence-corrected chi connectivity index (χ0v) is 17.9. The number of rotatable bonds is 5. The molecule has 1 aliphatic carbocycles. The smallest absolute Gasteiger partial charge is 0.251 e. The number of piperidine rings is 1. The van der Waals surface area contributed by atoms with Crippen molar-refractivity contribution in [2.45, 2.75) is 68.8 Å². The van der Waals surface area contributed by atoms with Crippen molar-refractivity contribution in [3.05, 3.63) is 30.1 Å². The van der Waals surface area contributed by atoms with E-state index in [0.29, 0.717) is 6.04 Å². The molecule has 1 N–H and O–H groups in total. The normalized spacial score (nSPS) is 29.2. The van der Waals surface area contributed by atoms with Gasteiger partial charge in [-0.1, -0.05) is 6.07 Å². The summed E-state index contributed by atoms with van der Waals surface area (Å²) in [5, 5.41) is 3.23. The zero-order valence-electron chi connectivity index (χ0n) is 17.9. The van der Waals surface area contributed by atoms with Crippen molar-refractivity contribution in [3.8, 4) is 0 Å². The van der Waals surface area contributed by atoms with Crippen molar-refractivity contribution in [2.75, 3.05) is 32.9 Å². The summed E-state index contributed by atoms with van der Waals surface area (Å²) < 4.78 is 11.3. The maximum absolute atomic E-state index is 13.3. The van der Waals surface area contributed by atoms with Crippen molar-refractivity contribution in [2.24, 2.45) is 0 Å². The Kier molecular flexibility index (Phi) is 6.20. The summed E-state index contributed by atoms with van der Waals surface area (Å²) in [6.45, 7) is 3.67. The van der Waals surface area contributed by atoms with E-state index in [1.54, 1.807) is 12.4 Å². The summed E-state index contributed by atoms with van der Waals surface area (Å²) in [4.78, 5) is 34.6. The molecule has 2 amide bonds. The molecule has 5 rings (SSSR count). The number of carbonyl (C=O) groups is 2. The number of pyridine rings is 1. The van der Waals surface area contributed by atoms with E-state index >= 15 is 0 Å². The minimum absolute atomic E-state index is 0.0342. The summed E-state index contributed by atoms with van der Waals surface area (Å²) in [5.41, 5.74) is 0.858. The number of nitrogens with one attached hydrogen (secondary N) is 1. The van der Waals surface area contributed by atoms with Gasteiger partial charge in [0.15, 0.2) is 6.10 Å². The highest BCUT2D eigenvalue weighted by molar-refractivity contribution is 5.87. The molecule has 1 aromatic rings. The molecule has 0 bridgehead atoms. The lowest BCUT2D eigenvalue weighted by Gasteiger charge is -2.42.